The zero-order valence-electron chi connectivity index (χ0n) is 8.40. The van der Waals surface area contributed by atoms with Gasteiger partial charge in [0.15, 0.2) is 0 Å². The molecule has 1 aliphatic carbocycles. The van der Waals surface area contributed by atoms with Crippen LogP contribution in [0.4, 0.5) is 11.6 Å². The van der Waals surface area contributed by atoms with Crippen LogP contribution in [0.15, 0.2) is 12.4 Å². The average molecular weight is 192 g/mol. The highest BCUT2D eigenvalue weighted by atomic mass is 15.0. The Morgan fingerprint density at radius 2 is 2.29 bits per heavy atom. The molecule has 4 nitrogen and oxygen atoms in total. The first-order valence-electron chi connectivity index (χ1n) is 5.08. The van der Waals surface area contributed by atoms with Gasteiger partial charge in [-0.25, -0.2) is 9.97 Å². The fourth-order valence-corrected chi connectivity index (χ4v) is 1.58. The van der Waals surface area contributed by atoms with Gasteiger partial charge < -0.3 is 11.1 Å². The SMILES string of the molecule is CC(CC1CC1)Nc1cnc(N)cn1. The van der Waals surface area contributed by atoms with Crippen LogP contribution in [0.1, 0.15) is 26.2 Å². The van der Waals surface area contributed by atoms with Crippen molar-refractivity contribution in [2.45, 2.75) is 32.2 Å². The second-order valence-corrected chi connectivity index (χ2v) is 4.05. The predicted octanol–water partition coefficient (Wildman–Crippen LogP) is 1.66. The Morgan fingerprint density at radius 1 is 1.50 bits per heavy atom. The zero-order chi connectivity index (χ0) is 9.97. The molecule has 4 heteroatoms. The average Bonchev–Trinajstić information content (AvgIpc) is 2.93. The molecular formula is C10H16N4. The summed E-state index contributed by atoms with van der Waals surface area (Å²) in [5.74, 6) is 2.21. The molecule has 1 heterocycles. The Morgan fingerprint density at radius 3 is 2.86 bits per heavy atom. The highest BCUT2D eigenvalue weighted by Crippen LogP contribution is 2.33. The Kier molecular flexibility index (Phi) is 2.52. The maximum absolute atomic E-state index is 5.45. The minimum absolute atomic E-state index is 0.463. The van der Waals surface area contributed by atoms with Crippen LogP contribution >= 0.6 is 0 Å². The zero-order valence-corrected chi connectivity index (χ0v) is 8.40. The van der Waals surface area contributed by atoms with E-state index in [-0.39, 0.29) is 0 Å². The van der Waals surface area contributed by atoms with E-state index < -0.39 is 0 Å². The molecule has 14 heavy (non-hydrogen) atoms. The molecule has 0 aromatic carbocycles. The molecule has 0 aliphatic heterocycles. The van der Waals surface area contributed by atoms with Crippen LogP contribution in [-0.4, -0.2) is 16.0 Å². The Labute approximate surface area is 83.9 Å². The normalized spacial score (nSPS) is 17.8. The summed E-state index contributed by atoms with van der Waals surface area (Å²) >= 11 is 0. The summed E-state index contributed by atoms with van der Waals surface area (Å²) in [4.78, 5) is 8.13. The molecule has 3 N–H and O–H groups in total. The lowest BCUT2D eigenvalue weighted by atomic mass is 10.2. The van der Waals surface area contributed by atoms with E-state index in [2.05, 4.69) is 22.2 Å². The number of aromatic nitrogens is 2. The van der Waals surface area contributed by atoms with Gasteiger partial charge in [0.2, 0.25) is 0 Å². The van der Waals surface area contributed by atoms with Gasteiger partial charge in [0.1, 0.15) is 11.6 Å². The third kappa shape index (κ3) is 2.58. The molecule has 1 aromatic rings. The van der Waals surface area contributed by atoms with E-state index in [9.17, 15) is 0 Å². The maximum atomic E-state index is 5.45. The van der Waals surface area contributed by atoms with Crippen LogP contribution in [0.5, 0.6) is 0 Å². The number of nitrogens with one attached hydrogen (secondary N) is 1. The van der Waals surface area contributed by atoms with Gasteiger partial charge in [-0.2, -0.15) is 0 Å². The molecule has 0 amide bonds. The van der Waals surface area contributed by atoms with Crippen molar-refractivity contribution in [2.24, 2.45) is 5.92 Å². The van der Waals surface area contributed by atoms with Crippen molar-refractivity contribution in [3.05, 3.63) is 12.4 Å². The molecule has 0 saturated heterocycles. The van der Waals surface area contributed by atoms with Crippen LogP contribution in [0.2, 0.25) is 0 Å². The molecular weight excluding hydrogens is 176 g/mol. The Balaban J connectivity index is 1.85. The van der Waals surface area contributed by atoms with Crippen molar-refractivity contribution < 1.29 is 0 Å². The highest BCUT2D eigenvalue weighted by molar-refractivity contribution is 5.36. The standard InChI is InChI=1S/C10H16N4/c1-7(4-8-2-3-8)14-10-6-12-9(11)5-13-10/h5-8H,2-4H2,1H3,(H2,11,12)(H,13,14). The van der Waals surface area contributed by atoms with Crippen LogP contribution in [-0.2, 0) is 0 Å². The molecule has 1 saturated carbocycles. The third-order valence-corrected chi connectivity index (χ3v) is 2.45. The molecule has 0 spiro atoms. The first-order chi connectivity index (χ1) is 6.74. The Hall–Kier alpha value is -1.32. The molecule has 1 atom stereocenters. The van der Waals surface area contributed by atoms with Gasteiger partial charge in [-0.3, -0.25) is 0 Å². The molecule has 0 radical (unpaired) electrons. The maximum Gasteiger partial charge on any atom is 0.144 e. The highest BCUT2D eigenvalue weighted by Gasteiger charge is 2.23. The lowest BCUT2D eigenvalue weighted by Crippen LogP contribution is -2.16. The van der Waals surface area contributed by atoms with Gasteiger partial charge in [0.05, 0.1) is 12.4 Å². The van der Waals surface area contributed by atoms with E-state index in [1.807, 2.05) is 0 Å². The van der Waals surface area contributed by atoms with Crippen LogP contribution < -0.4 is 11.1 Å². The van der Waals surface area contributed by atoms with Crippen molar-refractivity contribution in [1.82, 2.24) is 9.97 Å². The molecule has 0 bridgehead atoms. The van der Waals surface area contributed by atoms with E-state index in [1.165, 1.54) is 19.3 Å². The van der Waals surface area contributed by atoms with Gasteiger partial charge >= 0.3 is 0 Å². The first kappa shape index (κ1) is 9.24. The number of hydrogen-bond donors (Lipinski definition) is 2. The molecule has 1 fully saturated rings. The summed E-state index contributed by atoms with van der Waals surface area (Å²) in [6, 6.07) is 0.473. The minimum Gasteiger partial charge on any atom is -0.382 e. The van der Waals surface area contributed by atoms with Crippen molar-refractivity contribution >= 4 is 11.6 Å². The fraction of sp³-hybridized carbons (Fsp3) is 0.600. The number of nitrogen functional groups attached to an aromatic ring is 1. The third-order valence-electron chi connectivity index (χ3n) is 2.45. The quantitative estimate of drug-likeness (QED) is 0.761. The number of nitrogens with zero attached hydrogens (tertiary/aromatic N) is 2. The van der Waals surface area contributed by atoms with Gasteiger partial charge in [-0.1, -0.05) is 12.8 Å². The van der Waals surface area contributed by atoms with Gasteiger partial charge in [-0.05, 0) is 19.3 Å². The van der Waals surface area contributed by atoms with E-state index in [1.54, 1.807) is 12.4 Å². The minimum atomic E-state index is 0.463. The van der Waals surface area contributed by atoms with E-state index >= 15 is 0 Å². The number of nitrogens with two attached hydrogens (primary N) is 1. The second-order valence-electron chi connectivity index (χ2n) is 4.05. The lowest BCUT2D eigenvalue weighted by Gasteiger charge is -2.13. The van der Waals surface area contributed by atoms with Gasteiger partial charge in [0, 0.05) is 6.04 Å². The predicted molar refractivity (Wildman–Crippen MR) is 56.9 cm³/mol. The summed E-state index contributed by atoms with van der Waals surface area (Å²) in [5, 5.41) is 3.31. The van der Waals surface area contributed by atoms with Crippen molar-refractivity contribution in [1.29, 1.82) is 0 Å². The van der Waals surface area contributed by atoms with Gasteiger partial charge in [0.25, 0.3) is 0 Å². The lowest BCUT2D eigenvalue weighted by molar-refractivity contribution is 0.640. The van der Waals surface area contributed by atoms with Crippen molar-refractivity contribution in [2.75, 3.05) is 11.1 Å². The number of anilines is 2. The molecule has 1 aromatic heterocycles. The second kappa shape index (κ2) is 3.82. The van der Waals surface area contributed by atoms with E-state index in [4.69, 9.17) is 5.73 Å². The summed E-state index contributed by atoms with van der Waals surface area (Å²) in [5.41, 5.74) is 5.45. The van der Waals surface area contributed by atoms with Crippen molar-refractivity contribution in [3.63, 3.8) is 0 Å². The van der Waals surface area contributed by atoms with Gasteiger partial charge in [-0.15, -0.1) is 0 Å². The number of hydrogen-bond acceptors (Lipinski definition) is 4. The van der Waals surface area contributed by atoms with Crippen LogP contribution in [0, 0.1) is 5.92 Å². The molecule has 2 rings (SSSR count). The first-order valence-corrected chi connectivity index (χ1v) is 5.08. The van der Waals surface area contributed by atoms with E-state index in [0.717, 1.165) is 11.7 Å². The summed E-state index contributed by atoms with van der Waals surface area (Å²) < 4.78 is 0. The van der Waals surface area contributed by atoms with E-state index in [0.29, 0.717) is 11.9 Å². The molecule has 76 valence electrons. The monoisotopic (exact) mass is 192 g/mol. The molecule has 1 unspecified atom stereocenters. The fourth-order valence-electron chi connectivity index (χ4n) is 1.58. The summed E-state index contributed by atoms with van der Waals surface area (Å²) in [6.45, 7) is 2.18. The summed E-state index contributed by atoms with van der Waals surface area (Å²) in [6.07, 6.45) is 7.26. The summed E-state index contributed by atoms with van der Waals surface area (Å²) in [7, 11) is 0. The smallest absolute Gasteiger partial charge is 0.144 e. The topological polar surface area (TPSA) is 63.8 Å². The largest absolute Gasteiger partial charge is 0.382 e. The van der Waals surface area contributed by atoms with Crippen molar-refractivity contribution in [3.8, 4) is 0 Å². The van der Waals surface area contributed by atoms with Crippen LogP contribution in [0.25, 0.3) is 0 Å². The van der Waals surface area contributed by atoms with Crippen LogP contribution in [0.3, 0.4) is 0 Å². The Bertz CT molecular complexity index is 291. The molecule has 1 aliphatic rings. The number of rotatable bonds is 4.